The number of nitrogens with zero attached hydrogens (tertiary/aromatic N) is 1. The third kappa shape index (κ3) is 4.07. The number of rotatable bonds is 4. The first-order chi connectivity index (χ1) is 10.6. The SMILES string of the molecule is Cc1ccc(C=C(C#N)C(=O)NC(C)c2ccccc2)cc1. The van der Waals surface area contributed by atoms with Gasteiger partial charge in [0, 0.05) is 0 Å². The molecule has 0 fully saturated rings. The molecule has 3 heteroatoms. The molecule has 22 heavy (non-hydrogen) atoms. The molecule has 0 saturated heterocycles. The van der Waals surface area contributed by atoms with E-state index in [-0.39, 0.29) is 17.5 Å². The van der Waals surface area contributed by atoms with E-state index in [9.17, 15) is 10.1 Å². The van der Waals surface area contributed by atoms with Crippen LogP contribution in [0.25, 0.3) is 6.08 Å². The summed E-state index contributed by atoms with van der Waals surface area (Å²) in [7, 11) is 0. The van der Waals surface area contributed by atoms with Crippen molar-refractivity contribution in [3.05, 3.63) is 76.9 Å². The van der Waals surface area contributed by atoms with Gasteiger partial charge in [0.15, 0.2) is 0 Å². The van der Waals surface area contributed by atoms with Crippen LogP contribution < -0.4 is 5.32 Å². The molecule has 2 aromatic carbocycles. The van der Waals surface area contributed by atoms with Crippen LogP contribution in [-0.2, 0) is 4.79 Å². The fraction of sp³-hybridized carbons (Fsp3) is 0.158. The summed E-state index contributed by atoms with van der Waals surface area (Å²) in [6, 6.07) is 19.2. The van der Waals surface area contributed by atoms with Gasteiger partial charge in [0.05, 0.1) is 6.04 Å². The molecule has 0 heterocycles. The Kier molecular flexibility index (Phi) is 5.11. The smallest absolute Gasteiger partial charge is 0.262 e. The molecule has 0 saturated carbocycles. The number of carbonyl (C=O) groups excluding carboxylic acids is 1. The largest absolute Gasteiger partial charge is 0.345 e. The van der Waals surface area contributed by atoms with Gasteiger partial charge in [0.2, 0.25) is 0 Å². The number of hydrogen-bond donors (Lipinski definition) is 1. The molecule has 110 valence electrons. The standard InChI is InChI=1S/C19H18N2O/c1-14-8-10-16(11-9-14)12-18(13-20)19(22)21-15(2)17-6-4-3-5-7-17/h3-12,15H,1-2H3,(H,21,22). The number of hydrogen-bond acceptors (Lipinski definition) is 2. The Labute approximate surface area is 130 Å². The van der Waals surface area contributed by atoms with Gasteiger partial charge < -0.3 is 5.32 Å². The Morgan fingerprint density at radius 3 is 2.36 bits per heavy atom. The van der Waals surface area contributed by atoms with Crippen molar-refractivity contribution in [2.75, 3.05) is 0 Å². The lowest BCUT2D eigenvalue weighted by Gasteiger charge is -2.13. The molecule has 1 amide bonds. The maximum Gasteiger partial charge on any atom is 0.262 e. The monoisotopic (exact) mass is 290 g/mol. The van der Waals surface area contributed by atoms with Crippen LogP contribution >= 0.6 is 0 Å². The summed E-state index contributed by atoms with van der Waals surface area (Å²) in [5.74, 6) is -0.362. The molecule has 1 N–H and O–H groups in total. The van der Waals surface area contributed by atoms with Crippen molar-refractivity contribution in [1.82, 2.24) is 5.32 Å². The topological polar surface area (TPSA) is 52.9 Å². The number of amides is 1. The maximum atomic E-state index is 12.2. The van der Waals surface area contributed by atoms with E-state index in [0.717, 1.165) is 16.7 Å². The van der Waals surface area contributed by atoms with Gasteiger partial charge in [-0.2, -0.15) is 5.26 Å². The lowest BCUT2D eigenvalue weighted by atomic mass is 10.1. The fourth-order valence-electron chi connectivity index (χ4n) is 2.08. The molecular formula is C19H18N2O. The van der Waals surface area contributed by atoms with Gasteiger partial charge in [-0.15, -0.1) is 0 Å². The molecule has 0 bridgehead atoms. The lowest BCUT2D eigenvalue weighted by molar-refractivity contribution is -0.117. The highest BCUT2D eigenvalue weighted by Crippen LogP contribution is 2.13. The minimum atomic E-state index is -0.362. The maximum absolute atomic E-state index is 12.2. The highest BCUT2D eigenvalue weighted by atomic mass is 16.1. The van der Waals surface area contributed by atoms with Crippen LogP contribution in [0.2, 0.25) is 0 Å². The van der Waals surface area contributed by atoms with Gasteiger partial charge in [-0.25, -0.2) is 0 Å². The van der Waals surface area contributed by atoms with Crippen molar-refractivity contribution in [2.24, 2.45) is 0 Å². The molecule has 0 aliphatic heterocycles. The summed E-state index contributed by atoms with van der Waals surface area (Å²) in [6.07, 6.45) is 1.60. The Balaban J connectivity index is 2.12. The van der Waals surface area contributed by atoms with Crippen LogP contribution in [0, 0.1) is 18.3 Å². The molecule has 0 aliphatic rings. The molecule has 0 aliphatic carbocycles. The normalized spacial score (nSPS) is 12.3. The van der Waals surface area contributed by atoms with Crippen LogP contribution in [0.1, 0.15) is 29.7 Å². The van der Waals surface area contributed by atoms with E-state index in [1.54, 1.807) is 6.08 Å². The van der Waals surface area contributed by atoms with Crippen LogP contribution in [0.15, 0.2) is 60.2 Å². The van der Waals surface area contributed by atoms with Gasteiger partial charge in [0.25, 0.3) is 5.91 Å². The number of carbonyl (C=O) groups is 1. The van der Waals surface area contributed by atoms with Crippen LogP contribution in [0.5, 0.6) is 0 Å². The van der Waals surface area contributed by atoms with Crippen molar-refractivity contribution in [3.63, 3.8) is 0 Å². The van der Waals surface area contributed by atoms with Gasteiger partial charge in [-0.1, -0.05) is 60.2 Å². The molecule has 3 nitrogen and oxygen atoms in total. The van der Waals surface area contributed by atoms with Crippen molar-refractivity contribution in [2.45, 2.75) is 19.9 Å². The first-order valence-electron chi connectivity index (χ1n) is 7.14. The third-order valence-corrected chi connectivity index (χ3v) is 3.40. The minimum Gasteiger partial charge on any atom is -0.345 e. The van der Waals surface area contributed by atoms with Crippen LogP contribution in [0.4, 0.5) is 0 Å². The average molecular weight is 290 g/mol. The predicted molar refractivity (Wildman–Crippen MR) is 87.8 cm³/mol. The summed E-state index contributed by atoms with van der Waals surface area (Å²) in [5.41, 5.74) is 3.08. The summed E-state index contributed by atoms with van der Waals surface area (Å²) in [6.45, 7) is 3.89. The summed E-state index contributed by atoms with van der Waals surface area (Å²) >= 11 is 0. The van der Waals surface area contributed by atoms with Gasteiger partial charge in [-0.05, 0) is 31.1 Å². The molecule has 1 unspecified atom stereocenters. The summed E-state index contributed by atoms with van der Waals surface area (Å²) < 4.78 is 0. The third-order valence-electron chi connectivity index (χ3n) is 3.40. The van der Waals surface area contributed by atoms with E-state index >= 15 is 0 Å². The summed E-state index contributed by atoms with van der Waals surface area (Å²) in [5, 5.41) is 12.1. The van der Waals surface area contributed by atoms with Gasteiger partial charge in [0.1, 0.15) is 11.6 Å². The van der Waals surface area contributed by atoms with E-state index in [2.05, 4.69) is 5.32 Å². The van der Waals surface area contributed by atoms with E-state index in [1.807, 2.05) is 74.5 Å². The lowest BCUT2D eigenvalue weighted by Crippen LogP contribution is -2.27. The minimum absolute atomic E-state index is 0.103. The number of benzene rings is 2. The molecule has 0 aromatic heterocycles. The van der Waals surface area contributed by atoms with Gasteiger partial charge in [-0.3, -0.25) is 4.79 Å². The van der Waals surface area contributed by atoms with Gasteiger partial charge >= 0.3 is 0 Å². The second-order valence-corrected chi connectivity index (χ2v) is 5.19. The van der Waals surface area contributed by atoms with E-state index in [4.69, 9.17) is 0 Å². The molecule has 0 spiro atoms. The zero-order valence-corrected chi connectivity index (χ0v) is 12.7. The molecule has 2 rings (SSSR count). The van der Waals surface area contributed by atoms with Crippen molar-refractivity contribution in [3.8, 4) is 6.07 Å². The van der Waals surface area contributed by atoms with Crippen LogP contribution in [-0.4, -0.2) is 5.91 Å². The first kappa shape index (κ1) is 15.5. The Morgan fingerprint density at radius 1 is 1.14 bits per heavy atom. The Bertz CT molecular complexity index is 709. The number of nitrogens with one attached hydrogen (secondary N) is 1. The fourth-order valence-corrected chi connectivity index (χ4v) is 2.08. The van der Waals surface area contributed by atoms with Crippen LogP contribution in [0.3, 0.4) is 0 Å². The second kappa shape index (κ2) is 7.24. The van der Waals surface area contributed by atoms with Crippen molar-refractivity contribution in [1.29, 1.82) is 5.26 Å². The Morgan fingerprint density at radius 2 is 1.77 bits per heavy atom. The van der Waals surface area contributed by atoms with E-state index < -0.39 is 0 Å². The zero-order valence-electron chi connectivity index (χ0n) is 12.7. The van der Waals surface area contributed by atoms with E-state index in [1.165, 1.54) is 0 Å². The van der Waals surface area contributed by atoms with Crippen molar-refractivity contribution >= 4 is 12.0 Å². The molecule has 2 aromatic rings. The number of aryl methyl sites for hydroxylation is 1. The Hall–Kier alpha value is -2.86. The van der Waals surface area contributed by atoms with Crippen molar-refractivity contribution < 1.29 is 4.79 Å². The average Bonchev–Trinajstić information content (AvgIpc) is 2.55. The summed E-state index contributed by atoms with van der Waals surface area (Å²) in [4.78, 5) is 12.2. The molecule has 0 radical (unpaired) electrons. The highest BCUT2D eigenvalue weighted by molar-refractivity contribution is 6.01. The first-order valence-corrected chi connectivity index (χ1v) is 7.14. The second-order valence-electron chi connectivity index (χ2n) is 5.19. The highest BCUT2D eigenvalue weighted by Gasteiger charge is 2.13. The molecule has 1 atom stereocenters. The quantitative estimate of drug-likeness (QED) is 0.688. The molecular weight excluding hydrogens is 272 g/mol. The number of nitriles is 1. The predicted octanol–water partition coefficient (Wildman–Crippen LogP) is 3.78. The zero-order chi connectivity index (χ0) is 15.9. The van der Waals surface area contributed by atoms with E-state index in [0.29, 0.717) is 0 Å².